The lowest BCUT2D eigenvalue weighted by Crippen LogP contribution is -2.50. The van der Waals surface area contributed by atoms with E-state index in [1.54, 1.807) is 23.1 Å². The van der Waals surface area contributed by atoms with E-state index in [1.807, 2.05) is 18.2 Å². The summed E-state index contributed by atoms with van der Waals surface area (Å²) in [6.07, 6.45) is 0. The van der Waals surface area contributed by atoms with Gasteiger partial charge in [-0.2, -0.15) is 5.26 Å². The van der Waals surface area contributed by atoms with Crippen molar-refractivity contribution in [3.05, 3.63) is 42.0 Å². The molecule has 152 valence electrons. The van der Waals surface area contributed by atoms with Crippen molar-refractivity contribution < 1.29 is 19.0 Å². The van der Waals surface area contributed by atoms with Crippen LogP contribution in [0.5, 0.6) is 17.2 Å². The van der Waals surface area contributed by atoms with E-state index in [0.29, 0.717) is 54.7 Å². The average molecular weight is 396 g/mol. The summed E-state index contributed by atoms with van der Waals surface area (Å²) in [5.41, 5.74) is 2.19. The van der Waals surface area contributed by atoms with Gasteiger partial charge in [0, 0.05) is 44.0 Å². The van der Waals surface area contributed by atoms with Gasteiger partial charge in [0.15, 0.2) is 11.5 Å². The van der Waals surface area contributed by atoms with Crippen LogP contribution in [-0.4, -0.2) is 58.4 Å². The molecule has 1 saturated heterocycles. The lowest BCUT2D eigenvalue weighted by molar-refractivity contribution is 0.208. The minimum Gasteiger partial charge on any atom is -0.493 e. The van der Waals surface area contributed by atoms with E-state index in [-0.39, 0.29) is 6.03 Å². The fraction of sp³-hybridized carbons (Fsp3) is 0.333. The number of ether oxygens (including phenoxy) is 3. The molecule has 8 heteroatoms. The van der Waals surface area contributed by atoms with Crippen LogP contribution >= 0.6 is 0 Å². The quantitative estimate of drug-likeness (QED) is 0.836. The number of nitriles is 1. The number of anilines is 2. The zero-order chi connectivity index (χ0) is 20.8. The number of benzene rings is 2. The molecule has 0 atom stereocenters. The standard InChI is InChI=1S/C21H24N4O4/c1-27-18-12-16(13-19(28-2)20(18)29-3)23-21(26)25-9-7-24(8-10-25)17-6-4-5-15(11-17)14-22/h4-6,11-13H,7-10H2,1-3H3,(H,23,26). The summed E-state index contributed by atoms with van der Waals surface area (Å²) in [5.74, 6) is 1.43. The summed E-state index contributed by atoms with van der Waals surface area (Å²) in [4.78, 5) is 16.6. The molecule has 0 radical (unpaired) electrons. The van der Waals surface area contributed by atoms with E-state index in [4.69, 9.17) is 19.5 Å². The molecule has 1 aliphatic rings. The summed E-state index contributed by atoms with van der Waals surface area (Å²) in [6, 6.07) is 12.9. The lowest BCUT2D eigenvalue weighted by atomic mass is 10.2. The second-order valence-electron chi connectivity index (χ2n) is 6.48. The molecule has 0 aromatic heterocycles. The summed E-state index contributed by atoms with van der Waals surface area (Å²) in [7, 11) is 4.59. The van der Waals surface area contributed by atoms with Crippen LogP contribution < -0.4 is 24.4 Å². The van der Waals surface area contributed by atoms with E-state index in [2.05, 4.69) is 16.3 Å². The highest BCUT2D eigenvalue weighted by Crippen LogP contribution is 2.40. The van der Waals surface area contributed by atoms with Gasteiger partial charge in [-0.1, -0.05) is 6.07 Å². The number of hydrogen-bond acceptors (Lipinski definition) is 6. The van der Waals surface area contributed by atoms with Gasteiger partial charge in [0.1, 0.15) is 0 Å². The third kappa shape index (κ3) is 4.46. The summed E-state index contributed by atoms with van der Waals surface area (Å²) < 4.78 is 16.0. The van der Waals surface area contributed by atoms with Crippen molar-refractivity contribution in [3.8, 4) is 23.3 Å². The van der Waals surface area contributed by atoms with E-state index in [9.17, 15) is 4.79 Å². The number of hydrogen-bond donors (Lipinski definition) is 1. The van der Waals surface area contributed by atoms with Crippen LogP contribution in [0.4, 0.5) is 16.2 Å². The smallest absolute Gasteiger partial charge is 0.321 e. The van der Waals surface area contributed by atoms with Crippen LogP contribution in [0.15, 0.2) is 36.4 Å². The molecule has 3 rings (SSSR count). The molecule has 1 heterocycles. The maximum Gasteiger partial charge on any atom is 0.321 e. The number of carbonyl (C=O) groups excluding carboxylic acids is 1. The first-order valence-electron chi connectivity index (χ1n) is 9.20. The molecule has 2 aromatic rings. The van der Waals surface area contributed by atoms with Gasteiger partial charge in [-0.05, 0) is 18.2 Å². The fourth-order valence-electron chi connectivity index (χ4n) is 3.30. The van der Waals surface area contributed by atoms with Crippen molar-refractivity contribution in [2.45, 2.75) is 0 Å². The highest BCUT2D eigenvalue weighted by Gasteiger charge is 2.22. The Morgan fingerprint density at radius 3 is 2.21 bits per heavy atom. The predicted octanol–water partition coefficient (Wildman–Crippen LogP) is 2.94. The molecule has 8 nitrogen and oxygen atoms in total. The van der Waals surface area contributed by atoms with Crippen molar-refractivity contribution in [1.82, 2.24) is 4.90 Å². The van der Waals surface area contributed by atoms with Crippen LogP contribution in [0.2, 0.25) is 0 Å². The third-order valence-corrected chi connectivity index (χ3v) is 4.82. The number of nitrogens with one attached hydrogen (secondary N) is 1. The summed E-state index contributed by atoms with van der Waals surface area (Å²) >= 11 is 0. The van der Waals surface area contributed by atoms with Crippen molar-refractivity contribution in [2.75, 3.05) is 57.7 Å². The first-order valence-corrected chi connectivity index (χ1v) is 9.20. The minimum absolute atomic E-state index is 0.190. The van der Waals surface area contributed by atoms with E-state index < -0.39 is 0 Å². The Labute approximate surface area is 170 Å². The molecule has 0 bridgehead atoms. The molecular formula is C21H24N4O4. The van der Waals surface area contributed by atoms with Crippen LogP contribution in [0.1, 0.15) is 5.56 Å². The Hall–Kier alpha value is -3.60. The molecule has 0 spiro atoms. The van der Waals surface area contributed by atoms with E-state index in [1.165, 1.54) is 21.3 Å². The largest absolute Gasteiger partial charge is 0.493 e. The first-order chi connectivity index (χ1) is 14.1. The number of rotatable bonds is 5. The van der Waals surface area contributed by atoms with Crippen molar-refractivity contribution in [3.63, 3.8) is 0 Å². The Kier molecular flexibility index (Phi) is 6.29. The van der Waals surface area contributed by atoms with Crippen LogP contribution in [0.3, 0.4) is 0 Å². The number of nitrogens with zero attached hydrogens (tertiary/aromatic N) is 3. The molecule has 0 saturated carbocycles. The topological polar surface area (TPSA) is 87.1 Å². The Bertz CT molecular complexity index is 892. The molecule has 1 fully saturated rings. The van der Waals surface area contributed by atoms with Gasteiger partial charge in [-0.3, -0.25) is 0 Å². The van der Waals surface area contributed by atoms with Gasteiger partial charge in [0.2, 0.25) is 5.75 Å². The molecule has 0 unspecified atom stereocenters. The predicted molar refractivity (Wildman–Crippen MR) is 110 cm³/mol. The maximum absolute atomic E-state index is 12.7. The Balaban J connectivity index is 1.65. The summed E-state index contributed by atoms with van der Waals surface area (Å²) in [5, 5.41) is 12.0. The van der Waals surface area contributed by atoms with Gasteiger partial charge in [-0.15, -0.1) is 0 Å². The zero-order valence-electron chi connectivity index (χ0n) is 16.8. The maximum atomic E-state index is 12.7. The van der Waals surface area contributed by atoms with Gasteiger partial charge in [0.25, 0.3) is 0 Å². The van der Waals surface area contributed by atoms with E-state index in [0.717, 1.165) is 5.69 Å². The number of methoxy groups -OCH3 is 3. The van der Waals surface area contributed by atoms with Crippen LogP contribution in [0, 0.1) is 11.3 Å². The number of carbonyl (C=O) groups is 1. The monoisotopic (exact) mass is 396 g/mol. The Morgan fingerprint density at radius 2 is 1.66 bits per heavy atom. The number of piperazine rings is 1. The molecule has 1 N–H and O–H groups in total. The molecule has 0 aliphatic carbocycles. The Morgan fingerprint density at radius 1 is 1.00 bits per heavy atom. The third-order valence-electron chi connectivity index (χ3n) is 4.82. The van der Waals surface area contributed by atoms with Gasteiger partial charge < -0.3 is 29.3 Å². The van der Waals surface area contributed by atoms with Crippen LogP contribution in [-0.2, 0) is 0 Å². The van der Waals surface area contributed by atoms with Gasteiger partial charge >= 0.3 is 6.03 Å². The molecule has 1 aliphatic heterocycles. The first kappa shape index (κ1) is 20.1. The molecule has 2 amide bonds. The zero-order valence-corrected chi connectivity index (χ0v) is 16.8. The lowest BCUT2D eigenvalue weighted by Gasteiger charge is -2.36. The second-order valence-corrected chi connectivity index (χ2v) is 6.48. The number of amides is 2. The second kappa shape index (κ2) is 9.06. The van der Waals surface area contributed by atoms with Crippen molar-refractivity contribution >= 4 is 17.4 Å². The average Bonchev–Trinajstić information content (AvgIpc) is 2.78. The fourth-order valence-corrected chi connectivity index (χ4v) is 3.30. The van der Waals surface area contributed by atoms with Gasteiger partial charge in [0.05, 0.1) is 38.6 Å². The van der Waals surface area contributed by atoms with E-state index >= 15 is 0 Å². The minimum atomic E-state index is -0.190. The summed E-state index contributed by atoms with van der Waals surface area (Å²) in [6.45, 7) is 2.54. The van der Waals surface area contributed by atoms with Crippen LogP contribution in [0.25, 0.3) is 0 Å². The molecular weight excluding hydrogens is 372 g/mol. The van der Waals surface area contributed by atoms with Crippen molar-refractivity contribution in [2.24, 2.45) is 0 Å². The van der Waals surface area contributed by atoms with Crippen molar-refractivity contribution in [1.29, 1.82) is 5.26 Å². The highest BCUT2D eigenvalue weighted by atomic mass is 16.5. The highest BCUT2D eigenvalue weighted by molar-refractivity contribution is 5.90. The number of urea groups is 1. The molecule has 2 aromatic carbocycles. The normalized spacial score (nSPS) is 13.4. The SMILES string of the molecule is COc1cc(NC(=O)N2CCN(c3cccc(C#N)c3)CC2)cc(OC)c1OC. The van der Waals surface area contributed by atoms with Gasteiger partial charge in [-0.25, -0.2) is 4.79 Å². The molecule has 29 heavy (non-hydrogen) atoms.